The lowest BCUT2D eigenvalue weighted by atomic mass is 9.99. The van der Waals surface area contributed by atoms with Gasteiger partial charge in [-0.25, -0.2) is 0 Å². The standard InChI is InChI=1S/C15H12ClNO3/c1-10-4-2-3-5-11(10)8-15(18)13-9-12(17(19)20)6-7-14(13)16/h2-7,9H,8H2,1H3. The summed E-state index contributed by atoms with van der Waals surface area (Å²) in [5.41, 5.74) is 1.94. The largest absolute Gasteiger partial charge is 0.294 e. The summed E-state index contributed by atoms with van der Waals surface area (Å²) in [6, 6.07) is 11.4. The van der Waals surface area contributed by atoms with Gasteiger partial charge < -0.3 is 0 Å². The number of aryl methyl sites for hydroxylation is 1. The van der Waals surface area contributed by atoms with Crippen LogP contribution in [0.4, 0.5) is 5.69 Å². The van der Waals surface area contributed by atoms with E-state index in [1.54, 1.807) is 0 Å². The van der Waals surface area contributed by atoms with Crippen molar-refractivity contribution >= 4 is 23.1 Å². The number of non-ortho nitro benzene ring substituents is 1. The first-order valence-corrected chi connectivity index (χ1v) is 6.38. The number of halogens is 1. The fourth-order valence-electron chi connectivity index (χ4n) is 1.92. The van der Waals surface area contributed by atoms with Crippen molar-refractivity contribution < 1.29 is 9.72 Å². The summed E-state index contributed by atoms with van der Waals surface area (Å²) in [5.74, 6) is -0.229. The van der Waals surface area contributed by atoms with Crippen molar-refractivity contribution in [2.75, 3.05) is 0 Å². The van der Waals surface area contributed by atoms with Crippen LogP contribution in [0.3, 0.4) is 0 Å². The van der Waals surface area contributed by atoms with Gasteiger partial charge in [-0.05, 0) is 24.1 Å². The Kier molecular flexibility index (Phi) is 4.15. The van der Waals surface area contributed by atoms with E-state index in [0.717, 1.165) is 11.1 Å². The van der Waals surface area contributed by atoms with Gasteiger partial charge in [0.25, 0.3) is 5.69 Å². The van der Waals surface area contributed by atoms with E-state index in [9.17, 15) is 14.9 Å². The number of carbonyl (C=O) groups excluding carboxylic acids is 1. The fraction of sp³-hybridized carbons (Fsp3) is 0.133. The van der Waals surface area contributed by atoms with Gasteiger partial charge in [-0.2, -0.15) is 0 Å². The van der Waals surface area contributed by atoms with E-state index in [1.807, 2.05) is 31.2 Å². The maximum Gasteiger partial charge on any atom is 0.270 e. The molecule has 4 nitrogen and oxygen atoms in total. The van der Waals surface area contributed by atoms with E-state index in [4.69, 9.17) is 11.6 Å². The molecule has 102 valence electrons. The van der Waals surface area contributed by atoms with Crippen LogP contribution < -0.4 is 0 Å². The van der Waals surface area contributed by atoms with Gasteiger partial charge in [-0.1, -0.05) is 35.9 Å². The highest BCUT2D eigenvalue weighted by molar-refractivity contribution is 6.34. The van der Waals surface area contributed by atoms with Crippen LogP contribution in [-0.4, -0.2) is 10.7 Å². The zero-order valence-corrected chi connectivity index (χ0v) is 11.6. The molecule has 2 aromatic rings. The SMILES string of the molecule is Cc1ccccc1CC(=O)c1cc([N+](=O)[O-])ccc1Cl. The molecule has 0 N–H and O–H groups in total. The Morgan fingerprint density at radius 2 is 1.95 bits per heavy atom. The second-order valence-corrected chi connectivity index (χ2v) is 4.85. The Morgan fingerprint density at radius 3 is 2.60 bits per heavy atom. The number of carbonyl (C=O) groups is 1. The molecule has 0 saturated heterocycles. The molecule has 5 heteroatoms. The summed E-state index contributed by atoms with van der Waals surface area (Å²) >= 11 is 5.96. The van der Waals surface area contributed by atoms with E-state index >= 15 is 0 Å². The first-order chi connectivity index (χ1) is 9.49. The van der Waals surface area contributed by atoms with Crippen molar-refractivity contribution in [1.82, 2.24) is 0 Å². The number of ketones is 1. The minimum atomic E-state index is -0.541. The lowest BCUT2D eigenvalue weighted by molar-refractivity contribution is -0.384. The zero-order valence-electron chi connectivity index (χ0n) is 10.8. The molecule has 0 aliphatic carbocycles. The van der Waals surface area contributed by atoms with E-state index in [1.165, 1.54) is 18.2 Å². The third-order valence-electron chi connectivity index (χ3n) is 3.07. The maximum atomic E-state index is 12.3. The molecule has 0 spiro atoms. The maximum absolute atomic E-state index is 12.3. The van der Waals surface area contributed by atoms with Gasteiger partial charge in [0, 0.05) is 24.1 Å². The molecule has 0 aromatic heterocycles. The van der Waals surface area contributed by atoms with Gasteiger partial charge in [0.2, 0.25) is 0 Å². The smallest absolute Gasteiger partial charge is 0.270 e. The van der Waals surface area contributed by atoms with Crippen molar-refractivity contribution in [2.45, 2.75) is 13.3 Å². The summed E-state index contributed by atoms with van der Waals surface area (Å²) in [7, 11) is 0. The molecule has 0 bridgehead atoms. The summed E-state index contributed by atoms with van der Waals surface area (Å²) in [4.78, 5) is 22.5. The Hall–Kier alpha value is -2.20. The number of Topliss-reactive ketones (excluding diaryl/α,β-unsaturated/α-hetero) is 1. The lowest BCUT2D eigenvalue weighted by Crippen LogP contribution is -2.06. The molecule has 0 aliphatic heterocycles. The van der Waals surface area contributed by atoms with Crippen molar-refractivity contribution in [3.8, 4) is 0 Å². The lowest BCUT2D eigenvalue weighted by Gasteiger charge is -2.06. The van der Waals surface area contributed by atoms with E-state index in [-0.39, 0.29) is 28.5 Å². The van der Waals surface area contributed by atoms with Crippen molar-refractivity contribution in [1.29, 1.82) is 0 Å². The van der Waals surface area contributed by atoms with Gasteiger partial charge in [-0.3, -0.25) is 14.9 Å². The van der Waals surface area contributed by atoms with Crippen LogP contribution in [-0.2, 0) is 6.42 Å². The number of hydrogen-bond acceptors (Lipinski definition) is 3. The quantitative estimate of drug-likeness (QED) is 0.486. The molecule has 0 atom stereocenters. The Labute approximate surface area is 121 Å². The van der Waals surface area contributed by atoms with Crippen LogP contribution in [0.15, 0.2) is 42.5 Å². The Bertz CT molecular complexity index is 683. The zero-order chi connectivity index (χ0) is 14.7. The average Bonchev–Trinajstić information content (AvgIpc) is 2.41. The third-order valence-corrected chi connectivity index (χ3v) is 3.40. The number of nitro benzene ring substituents is 1. The van der Waals surface area contributed by atoms with Crippen molar-refractivity contribution in [3.05, 3.63) is 74.3 Å². The summed E-state index contributed by atoms with van der Waals surface area (Å²) < 4.78 is 0. The summed E-state index contributed by atoms with van der Waals surface area (Å²) in [6.45, 7) is 1.91. The summed E-state index contributed by atoms with van der Waals surface area (Å²) in [6.07, 6.45) is 0.174. The third kappa shape index (κ3) is 3.03. The molecule has 2 rings (SSSR count). The Balaban J connectivity index is 2.32. The van der Waals surface area contributed by atoms with Gasteiger partial charge in [-0.15, -0.1) is 0 Å². The van der Waals surface area contributed by atoms with Crippen LogP contribution in [0.25, 0.3) is 0 Å². The first-order valence-electron chi connectivity index (χ1n) is 6.00. The highest BCUT2D eigenvalue weighted by Crippen LogP contribution is 2.24. The predicted octanol–water partition coefficient (Wildman–Crippen LogP) is 3.98. The van der Waals surface area contributed by atoms with Crippen LogP contribution in [0.5, 0.6) is 0 Å². The molecule has 2 aromatic carbocycles. The van der Waals surface area contributed by atoms with Crippen molar-refractivity contribution in [3.63, 3.8) is 0 Å². The highest BCUT2D eigenvalue weighted by atomic mass is 35.5. The molecule has 0 fully saturated rings. The minimum absolute atomic E-state index is 0.137. The second kappa shape index (κ2) is 5.84. The monoisotopic (exact) mass is 289 g/mol. The first kappa shape index (κ1) is 14.2. The van der Waals surface area contributed by atoms with Crippen LogP contribution >= 0.6 is 11.6 Å². The molecule has 0 saturated carbocycles. The predicted molar refractivity (Wildman–Crippen MR) is 77.3 cm³/mol. The van der Waals surface area contributed by atoms with Gasteiger partial charge in [0.15, 0.2) is 5.78 Å². The number of benzene rings is 2. The van der Waals surface area contributed by atoms with Gasteiger partial charge in [0.05, 0.1) is 9.95 Å². The van der Waals surface area contributed by atoms with Gasteiger partial charge >= 0.3 is 0 Å². The molecule has 20 heavy (non-hydrogen) atoms. The fourth-order valence-corrected chi connectivity index (χ4v) is 2.14. The minimum Gasteiger partial charge on any atom is -0.294 e. The second-order valence-electron chi connectivity index (χ2n) is 4.45. The van der Waals surface area contributed by atoms with Crippen molar-refractivity contribution in [2.24, 2.45) is 0 Å². The molecule has 0 unspecified atom stereocenters. The molecular formula is C15H12ClNO3. The molecule has 0 amide bonds. The van der Waals surface area contributed by atoms with Gasteiger partial charge in [0.1, 0.15) is 0 Å². The van der Waals surface area contributed by atoms with E-state index < -0.39 is 4.92 Å². The highest BCUT2D eigenvalue weighted by Gasteiger charge is 2.16. The Morgan fingerprint density at radius 1 is 1.25 bits per heavy atom. The van der Waals surface area contributed by atoms with Crippen LogP contribution in [0.2, 0.25) is 5.02 Å². The topological polar surface area (TPSA) is 60.2 Å². The number of nitrogens with zero attached hydrogens (tertiary/aromatic N) is 1. The van der Waals surface area contributed by atoms with E-state index in [2.05, 4.69) is 0 Å². The number of rotatable bonds is 4. The normalized spacial score (nSPS) is 10.3. The molecule has 0 heterocycles. The average molecular weight is 290 g/mol. The van der Waals surface area contributed by atoms with Crippen LogP contribution in [0, 0.1) is 17.0 Å². The van der Waals surface area contributed by atoms with Crippen LogP contribution in [0.1, 0.15) is 21.5 Å². The summed E-state index contributed by atoms with van der Waals surface area (Å²) in [5, 5.41) is 11.0. The molecule has 0 radical (unpaired) electrons. The molecule has 0 aliphatic rings. The molecular weight excluding hydrogens is 278 g/mol. The number of hydrogen-bond donors (Lipinski definition) is 0. The van der Waals surface area contributed by atoms with E-state index in [0.29, 0.717) is 0 Å². The number of nitro groups is 1.